The Labute approximate surface area is 196 Å². The summed E-state index contributed by atoms with van der Waals surface area (Å²) in [6, 6.07) is 18.2. The first-order valence-corrected chi connectivity index (χ1v) is 10.7. The van der Waals surface area contributed by atoms with E-state index < -0.39 is 18.0 Å². The van der Waals surface area contributed by atoms with Crippen molar-refractivity contribution in [3.63, 3.8) is 0 Å². The summed E-state index contributed by atoms with van der Waals surface area (Å²) in [5, 5.41) is 11.0. The molecule has 4 aromatic rings. The molecule has 0 saturated carbocycles. The van der Waals surface area contributed by atoms with Gasteiger partial charge in [0.05, 0.1) is 12.8 Å². The Bertz CT molecular complexity index is 1300. The van der Waals surface area contributed by atoms with Gasteiger partial charge in [-0.25, -0.2) is 9.48 Å². The van der Waals surface area contributed by atoms with Crippen molar-refractivity contribution >= 4 is 17.7 Å². The number of ether oxygens (including phenoxy) is 2. The molecule has 9 nitrogen and oxygen atoms in total. The molecular weight excluding hydrogens is 436 g/mol. The first-order chi connectivity index (χ1) is 16.5. The number of aryl methyl sites for hydroxylation is 1. The summed E-state index contributed by atoms with van der Waals surface area (Å²) in [7, 11) is 1.55. The van der Waals surface area contributed by atoms with Crippen LogP contribution in [0, 0.1) is 6.92 Å². The van der Waals surface area contributed by atoms with Gasteiger partial charge in [0.1, 0.15) is 22.8 Å². The van der Waals surface area contributed by atoms with E-state index in [9.17, 15) is 9.59 Å². The molecule has 2 heterocycles. The fourth-order valence-electron chi connectivity index (χ4n) is 3.42. The van der Waals surface area contributed by atoms with E-state index in [0.717, 1.165) is 5.69 Å². The Morgan fingerprint density at radius 3 is 2.53 bits per heavy atom. The second-order valence-corrected chi connectivity index (χ2v) is 7.49. The molecule has 0 fully saturated rings. The van der Waals surface area contributed by atoms with Crippen molar-refractivity contribution in [1.29, 1.82) is 0 Å². The van der Waals surface area contributed by atoms with E-state index in [1.807, 2.05) is 48.5 Å². The van der Waals surface area contributed by atoms with Crippen molar-refractivity contribution < 1.29 is 23.6 Å². The van der Waals surface area contributed by atoms with Crippen molar-refractivity contribution in [3.8, 4) is 22.7 Å². The number of aromatic nitrogens is 3. The van der Waals surface area contributed by atoms with Crippen LogP contribution >= 0.6 is 0 Å². The number of anilines is 1. The minimum Gasteiger partial charge on any atom is -0.496 e. The van der Waals surface area contributed by atoms with Gasteiger partial charge in [-0.15, -0.1) is 0 Å². The number of carbonyl (C=O) groups is 2. The monoisotopic (exact) mass is 460 g/mol. The molecule has 0 radical (unpaired) electrons. The number of esters is 1. The molecule has 0 aliphatic carbocycles. The SMILES string of the molecule is CCC(OC(=O)c1cn(-c2ccccc2)nc1-c1ccccc1OC)C(=O)Nc1cc(C)on1. The Hall–Kier alpha value is -4.40. The molecule has 0 aliphatic heterocycles. The molecule has 9 heteroatoms. The highest BCUT2D eigenvalue weighted by Gasteiger charge is 2.27. The predicted octanol–water partition coefficient (Wildman–Crippen LogP) is 4.42. The van der Waals surface area contributed by atoms with Crippen LogP contribution in [-0.2, 0) is 9.53 Å². The lowest BCUT2D eigenvalue weighted by Gasteiger charge is -2.15. The number of nitrogens with zero attached hydrogens (tertiary/aromatic N) is 3. The number of hydrogen-bond acceptors (Lipinski definition) is 7. The normalized spacial score (nSPS) is 11.6. The average molecular weight is 460 g/mol. The zero-order valence-corrected chi connectivity index (χ0v) is 19.0. The predicted molar refractivity (Wildman–Crippen MR) is 125 cm³/mol. The largest absolute Gasteiger partial charge is 0.496 e. The lowest BCUT2D eigenvalue weighted by atomic mass is 10.1. The maximum Gasteiger partial charge on any atom is 0.342 e. The van der Waals surface area contributed by atoms with Crippen LogP contribution in [0.25, 0.3) is 16.9 Å². The Balaban J connectivity index is 1.66. The van der Waals surface area contributed by atoms with Gasteiger partial charge in [-0.05, 0) is 37.6 Å². The van der Waals surface area contributed by atoms with Gasteiger partial charge in [0.25, 0.3) is 5.91 Å². The van der Waals surface area contributed by atoms with Crippen molar-refractivity contribution in [2.45, 2.75) is 26.4 Å². The fourth-order valence-corrected chi connectivity index (χ4v) is 3.42. The van der Waals surface area contributed by atoms with Gasteiger partial charge in [-0.3, -0.25) is 4.79 Å². The quantitative estimate of drug-likeness (QED) is 0.388. The molecule has 2 aromatic carbocycles. The number of methoxy groups -OCH3 is 1. The summed E-state index contributed by atoms with van der Waals surface area (Å²) in [6.45, 7) is 3.46. The van der Waals surface area contributed by atoms with Crippen LogP contribution in [0.4, 0.5) is 5.82 Å². The van der Waals surface area contributed by atoms with Gasteiger partial charge in [-0.2, -0.15) is 5.10 Å². The van der Waals surface area contributed by atoms with Gasteiger partial charge in [-0.1, -0.05) is 42.4 Å². The van der Waals surface area contributed by atoms with Crippen molar-refractivity contribution in [3.05, 3.63) is 78.2 Å². The van der Waals surface area contributed by atoms with E-state index in [4.69, 9.17) is 14.0 Å². The van der Waals surface area contributed by atoms with Gasteiger partial charge in [0.15, 0.2) is 11.9 Å². The van der Waals surface area contributed by atoms with Gasteiger partial charge >= 0.3 is 5.97 Å². The summed E-state index contributed by atoms with van der Waals surface area (Å²) in [6.07, 6.45) is 0.825. The van der Waals surface area contributed by atoms with Crippen molar-refractivity contribution in [1.82, 2.24) is 14.9 Å². The minimum absolute atomic E-state index is 0.205. The van der Waals surface area contributed by atoms with Crippen LogP contribution in [0.3, 0.4) is 0 Å². The molecule has 1 N–H and O–H groups in total. The first kappa shape index (κ1) is 22.8. The summed E-state index contributed by atoms with van der Waals surface area (Å²) in [5.41, 5.74) is 1.98. The highest BCUT2D eigenvalue weighted by Crippen LogP contribution is 2.32. The Morgan fingerprint density at radius 2 is 1.85 bits per heavy atom. The smallest absolute Gasteiger partial charge is 0.342 e. The second-order valence-electron chi connectivity index (χ2n) is 7.49. The van der Waals surface area contributed by atoms with Crippen molar-refractivity contribution in [2.24, 2.45) is 0 Å². The molecule has 2 aromatic heterocycles. The molecule has 0 aliphatic rings. The van der Waals surface area contributed by atoms with Crippen LogP contribution < -0.4 is 10.1 Å². The maximum absolute atomic E-state index is 13.3. The van der Waals surface area contributed by atoms with Gasteiger partial charge in [0, 0.05) is 17.8 Å². The molecule has 174 valence electrons. The molecule has 0 saturated heterocycles. The minimum atomic E-state index is -1.03. The first-order valence-electron chi connectivity index (χ1n) is 10.7. The third kappa shape index (κ3) is 4.83. The Kier molecular flexibility index (Phi) is 6.72. The fraction of sp³-hybridized carbons (Fsp3) is 0.200. The van der Waals surface area contributed by atoms with Gasteiger partial charge < -0.3 is 19.3 Å². The van der Waals surface area contributed by atoms with Crippen LogP contribution in [-0.4, -0.2) is 40.0 Å². The molecule has 0 bridgehead atoms. The third-order valence-corrected chi connectivity index (χ3v) is 5.11. The number of para-hydroxylation sites is 2. The number of hydrogen-bond donors (Lipinski definition) is 1. The van der Waals surface area contributed by atoms with E-state index >= 15 is 0 Å². The highest BCUT2D eigenvalue weighted by molar-refractivity contribution is 6.00. The number of rotatable bonds is 8. The molecule has 4 rings (SSSR count). The highest BCUT2D eigenvalue weighted by atomic mass is 16.5. The second kappa shape index (κ2) is 10.0. The summed E-state index contributed by atoms with van der Waals surface area (Å²) < 4.78 is 17.6. The number of amides is 1. The van der Waals surface area contributed by atoms with E-state index in [1.54, 1.807) is 44.0 Å². The summed E-state index contributed by atoms with van der Waals surface area (Å²) >= 11 is 0. The van der Waals surface area contributed by atoms with E-state index in [-0.39, 0.29) is 17.8 Å². The summed E-state index contributed by atoms with van der Waals surface area (Å²) in [4.78, 5) is 26.0. The van der Waals surface area contributed by atoms with E-state index in [1.165, 1.54) is 0 Å². The van der Waals surface area contributed by atoms with Crippen LogP contribution in [0.2, 0.25) is 0 Å². The van der Waals surface area contributed by atoms with E-state index in [0.29, 0.717) is 22.8 Å². The molecule has 1 unspecified atom stereocenters. The Morgan fingerprint density at radius 1 is 1.12 bits per heavy atom. The van der Waals surface area contributed by atoms with Crippen LogP contribution in [0.1, 0.15) is 29.5 Å². The average Bonchev–Trinajstić information content (AvgIpc) is 3.49. The standard InChI is InChI=1S/C25H24N4O5/c1-4-20(24(30)26-22-14-16(2)34-28-22)33-25(31)19-15-29(17-10-6-5-7-11-17)27-23(19)18-12-8-9-13-21(18)32-3/h5-15,20H,4H2,1-3H3,(H,26,28,30). The third-order valence-electron chi connectivity index (χ3n) is 5.11. The maximum atomic E-state index is 13.3. The molecular formula is C25H24N4O5. The number of carbonyl (C=O) groups excluding carboxylic acids is 2. The van der Waals surface area contributed by atoms with Crippen LogP contribution in [0.5, 0.6) is 5.75 Å². The number of nitrogens with one attached hydrogen (secondary N) is 1. The lowest BCUT2D eigenvalue weighted by molar-refractivity contribution is -0.124. The van der Waals surface area contributed by atoms with Gasteiger partial charge in [0.2, 0.25) is 0 Å². The topological polar surface area (TPSA) is 108 Å². The zero-order valence-electron chi connectivity index (χ0n) is 19.0. The van der Waals surface area contributed by atoms with E-state index in [2.05, 4.69) is 15.6 Å². The van der Waals surface area contributed by atoms with Crippen LogP contribution in [0.15, 0.2) is 71.4 Å². The molecule has 1 amide bonds. The lowest BCUT2D eigenvalue weighted by Crippen LogP contribution is -2.32. The molecule has 34 heavy (non-hydrogen) atoms. The van der Waals surface area contributed by atoms with Crippen molar-refractivity contribution in [2.75, 3.05) is 12.4 Å². The number of benzene rings is 2. The molecule has 0 spiro atoms. The zero-order chi connectivity index (χ0) is 24.1. The summed E-state index contributed by atoms with van der Waals surface area (Å²) in [5.74, 6) is 0.180. The molecule has 1 atom stereocenters.